The van der Waals surface area contributed by atoms with Gasteiger partial charge < -0.3 is 15.0 Å². The molecule has 2 N–H and O–H groups in total. The van der Waals surface area contributed by atoms with Gasteiger partial charge in [0.25, 0.3) is 5.91 Å². The minimum Gasteiger partial charge on any atom is -0.489 e. The van der Waals surface area contributed by atoms with Gasteiger partial charge in [0.15, 0.2) is 0 Å². The number of piperidine rings is 1. The first-order valence-corrected chi connectivity index (χ1v) is 12.0. The first-order valence-electron chi connectivity index (χ1n) is 12.0. The van der Waals surface area contributed by atoms with Crippen molar-refractivity contribution in [2.75, 3.05) is 0 Å². The zero-order valence-electron chi connectivity index (χ0n) is 19.2. The first-order chi connectivity index (χ1) is 16.9. The molecule has 2 aromatic rings. The number of nitrogens with one attached hydrogen (secondary N) is 2. The number of fused-ring (bicyclic) bond motifs is 1. The van der Waals surface area contributed by atoms with E-state index in [1.54, 1.807) is 12.1 Å². The van der Waals surface area contributed by atoms with Gasteiger partial charge in [0.2, 0.25) is 11.8 Å². The summed E-state index contributed by atoms with van der Waals surface area (Å²) >= 11 is 0. The van der Waals surface area contributed by atoms with E-state index in [1.807, 2.05) is 6.07 Å². The average molecular weight is 484 g/mol. The van der Waals surface area contributed by atoms with Crippen LogP contribution in [0, 0.1) is 11.6 Å². The molecule has 1 aliphatic carbocycles. The van der Waals surface area contributed by atoms with Crippen LogP contribution in [0.15, 0.2) is 36.4 Å². The van der Waals surface area contributed by atoms with Gasteiger partial charge in [0.05, 0.1) is 0 Å². The zero-order valence-corrected chi connectivity index (χ0v) is 19.2. The summed E-state index contributed by atoms with van der Waals surface area (Å²) in [6, 6.07) is 8.24. The van der Waals surface area contributed by atoms with Crippen molar-refractivity contribution < 1.29 is 27.9 Å². The summed E-state index contributed by atoms with van der Waals surface area (Å²) < 4.78 is 33.5. The Balaban J connectivity index is 1.25. The number of rotatable bonds is 6. The summed E-state index contributed by atoms with van der Waals surface area (Å²) in [5.41, 5.74) is 1.72. The number of halogens is 2. The van der Waals surface area contributed by atoms with Crippen LogP contribution in [-0.2, 0) is 22.7 Å². The molecular weight excluding hydrogens is 456 g/mol. The summed E-state index contributed by atoms with van der Waals surface area (Å²) in [6.45, 7) is 0.560. The highest BCUT2D eigenvalue weighted by molar-refractivity contribution is 6.05. The molecule has 1 saturated carbocycles. The molecule has 3 aliphatic rings. The summed E-state index contributed by atoms with van der Waals surface area (Å²) in [4.78, 5) is 38.1. The third-order valence-corrected chi connectivity index (χ3v) is 7.05. The molecule has 0 radical (unpaired) electrons. The number of hydrogen-bond donors (Lipinski definition) is 2. The second-order valence-electron chi connectivity index (χ2n) is 9.38. The lowest BCUT2D eigenvalue weighted by Crippen LogP contribution is -2.52. The van der Waals surface area contributed by atoms with Crippen molar-refractivity contribution in [3.63, 3.8) is 0 Å². The van der Waals surface area contributed by atoms with E-state index in [2.05, 4.69) is 10.6 Å². The molecule has 2 aromatic carbocycles. The van der Waals surface area contributed by atoms with E-state index in [9.17, 15) is 23.2 Å². The fourth-order valence-corrected chi connectivity index (χ4v) is 5.18. The van der Waals surface area contributed by atoms with E-state index >= 15 is 0 Å². The largest absolute Gasteiger partial charge is 0.489 e. The zero-order chi connectivity index (χ0) is 24.5. The fraction of sp³-hybridized carbons (Fsp3) is 0.423. The number of imide groups is 1. The standard InChI is InChI=1S/C26H27F2N3O4/c27-17-6-5-15(20(28)12-17)13-29-21-3-1-2-4-23(21)35-18-7-8-19-16(11-18)14-31(26(19)34)22-9-10-24(32)30-25(22)33/h5-8,11-12,21-23,29H,1-4,9-10,13-14H2,(H,30,32,33)/t21-,22?,23-/m1/s1. The molecule has 0 aromatic heterocycles. The Hall–Kier alpha value is -3.33. The van der Waals surface area contributed by atoms with Gasteiger partial charge in [0, 0.05) is 42.7 Å². The van der Waals surface area contributed by atoms with Crippen LogP contribution in [0.25, 0.3) is 0 Å². The quantitative estimate of drug-likeness (QED) is 0.617. The SMILES string of the molecule is O=C1CCC(N2Cc3cc(O[C@@H]4CCCC[C@H]4NCc4ccc(F)cc4F)ccc3C2=O)C(=O)N1. The second-order valence-corrected chi connectivity index (χ2v) is 9.38. The van der Waals surface area contributed by atoms with E-state index in [0.29, 0.717) is 23.3 Å². The summed E-state index contributed by atoms with van der Waals surface area (Å²) in [6.07, 6.45) is 4.15. The molecule has 3 amide bonds. The molecule has 2 aliphatic heterocycles. The van der Waals surface area contributed by atoms with Gasteiger partial charge in [-0.15, -0.1) is 0 Å². The number of ether oxygens (including phenoxy) is 1. The molecule has 0 spiro atoms. The number of carbonyl (C=O) groups is 3. The highest BCUT2D eigenvalue weighted by Crippen LogP contribution is 2.32. The third-order valence-electron chi connectivity index (χ3n) is 7.05. The van der Waals surface area contributed by atoms with Crippen molar-refractivity contribution >= 4 is 17.7 Å². The Morgan fingerprint density at radius 2 is 1.86 bits per heavy atom. The van der Waals surface area contributed by atoms with Crippen LogP contribution >= 0.6 is 0 Å². The molecular formula is C26H27F2N3O4. The van der Waals surface area contributed by atoms with E-state index in [1.165, 1.54) is 17.0 Å². The topological polar surface area (TPSA) is 87.7 Å². The lowest BCUT2D eigenvalue weighted by Gasteiger charge is -2.33. The van der Waals surface area contributed by atoms with Gasteiger partial charge in [0.1, 0.15) is 29.5 Å². The van der Waals surface area contributed by atoms with Crippen molar-refractivity contribution in [1.29, 1.82) is 0 Å². The van der Waals surface area contributed by atoms with Crippen LogP contribution in [0.5, 0.6) is 5.75 Å². The van der Waals surface area contributed by atoms with Crippen LogP contribution in [0.4, 0.5) is 8.78 Å². The van der Waals surface area contributed by atoms with Crippen LogP contribution in [0.1, 0.15) is 60.0 Å². The lowest BCUT2D eigenvalue weighted by atomic mass is 9.92. The lowest BCUT2D eigenvalue weighted by molar-refractivity contribution is -0.136. The Kier molecular flexibility index (Phi) is 6.51. The number of hydrogen-bond acceptors (Lipinski definition) is 5. The van der Waals surface area contributed by atoms with E-state index in [4.69, 9.17) is 4.74 Å². The molecule has 2 fully saturated rings. The van der Waals surface area contributed by atoms with Crippen molar-refractivity contribution in [2.45, 2.75) is 69.8 Å². The maximum atomic E-state index is 14.0. The number of benzene rings is 2. The van der Waals surface area contributed by atoms with Crippen LogP contribution in [-0.4, -0.2) is 40.8 Å². The smallest absolute Gasteiger partial charge is 0.255 e. The van der Waals surface area contributed by atoms with Crippen molar-refractivity contribution in [3.8, 4) is 5.75 Å². The maximum absolute atomic E-state index is 14.0. The second kappa shape index (κ2) is 9.73. The summed E-state index contributed by atoms with van der Waals surface area (Å²) in [5, 5.41) is 5.67. The molecule has 2 heterocycles. The monoisotopic (exact) mass is 483 g/mol. The Labute approximate surface area is 201 Å². The third kappa shape index (κ3) is 4.91. The van der Waals surface area contributed by atoms with Gasteiger partial charge in [-0.25, -0.2) is 8.78 Å². The molecule has 1 unspecified atom stereocenters. The molecule has 184 valence electrons. The molecule has 7 nitrogen and oxygen atoms in total. The van der Waals surface area contributed by atoms with Gasteiger partial charge in [-0.05, 0) is 55.5 Å². The maximum Gasteiger partial charge on any atom is 0.255 e. The van der Waals surface area contributed by atoms with Gasteiger partial charge in [-0.3, -0.25) is 19.7 Å². The van der Waals surface area contributed by atoms with Crippen LogP contribution < -0.4 is 15.4 Å². The predicted octanol–water partition coefficient (Wildman–Crippen LogP) is 3.21. The first kappa shape index (κ1) is 23.4. The van der Waals surface area contributed by atoms with Gasteiger partial charge in [-0.2, -0.15) is 0 Å². The summed E-state index contributed by atoms with van der Waals surface area (Å²) in [7, 11) is 0. The molecule has 0 bridgehead atoms. The van der Waals surface area contributed by atoms with Crippen molar-refractivity contribution in [1.82, 2.24) is 15.5 Å². The minimum atomic E-state index is -0.657. The van der Waals surface area contributed by atoms with Crippen molar-refractivity contribution in [3.05, 3.63) is 64.7 Å². The van der Waals surface area contributed by atoms with Crippen molar-refractivity contribution in [2.24, 2.45) is 0 Å². The van der Waals surface area contributed by atoms with E-state index < -0.39 is 23.6 Å². The molecule has 3 atom stereocenters. The molecule has 1 saturated heterocycles. The number of nitrogens with zero attached hydrogens (tertiary/aromatic N) is 1. The normalized spacial score (nSPS) is 24.3. The van der Waals surface area contributed by atoms with E-state index in [-0.39, 0.29) is 43.5 Å². The highest BCUT2D eigenvalue weighted by Gasteiger charge is 2.39. The van der Waals surface area contributed by atoms with Gasteiger partial charge in [-0.1, -0.05) is 12.5 Å². The van der Waals surface area contributed by atoms with Gasteiger partial charge >= 0.3 is 0 Å². The Bertz CT molecular complexity index is 1170. The van der Waals surface area contributed by atoms with Crippen LogP contribution in [0.2, 0.25) is 0 Å². The fourth-order valence-electron chi connectivity index (χ4n) is 5.18. The highest BCUT2D eigenvalue weighted by atomic mass is 19.1. The number of amides is 3. The minimum absolute atomic E-state index is 0.00283. The number of carbonyl (C=O) groups excluding carboxylic acids is 3. The molecule has 35 heavy (non-hydrogen) atoms. The van der Waals surface area contributed by atoms with E-state index in [0.717, 1.165) is 37.3 Å². The predicted molar refractivity (Wildman–Crippen MR) is 122 cm³/mol. The Morgan fingerprint density at radius 3 is 2.66 bits per heavy atom. The molecule has 5 rings (SSSR count). The summed E-state index contributed by atoms with van der Waals surface area (Å²) in [5.74, 6) is -1.52. The Morgan fingerprint density at radius 1 is 1.03 bits per heavy atom. The van der Waals surface area contributed by atoms with Crippen LogP contribution in [0.3, 0.4) is 0 Å². The average Bonchev–Trinajstić information content (AvgIpc) is 3.15. The molecule has 9 heteroatoms.